The first-order chi connectivity index (χ1) is 10.2. The summed E-state index contributed by atoms with van der Waals surface area (Å²) in [6.07, 6.45) is 0.806. The van der Waals surface area contributed by atoms with E-state index >= 15 is 0 Å². The summed E-state index contributed by atoms with van der Waals surface area (Å²) in [4.78, 5) is 12.2. The Bertz CT molecular complexity index is 620. The van der Waals surface area contributed by atoms with Gasteiger partial charge in [-0.25, -0.2) is 12.7 Å². The van der Waals surface area contributed by atoms with Crippen molar-refractivity contribution in [1.82, 2.24) is 9.62 Å². The van der Waals surface area contributed by atoms with Gasteiger partial charge in [-0.15, -0.1) is 12.4 Å². The van der Waals surface area contributed by atoms with E-state index in [4.69, 9.17) is 5.73 Å². The summed E-state index contributed by atoms with van der Waals surface area (Å²) < 4.78 is 25.7. The summed E-state index contributed by atoms with van der Waals surface area (Å²) in [5.41, 5.74) is 6.41. The van der Waals surface area contributed by atoms with Crippen LogP contribution in [0.4, 0.5) is 0 Å². The average Bonchev–Trinajstić information content (AvgIpc) is 2.50. The van der Waals surface area contributed by atoms with Gasteiger partial charge in [-0.2, -0.15) is 0 Å². The van der Waals surface area contributed by atoms with Gasteiger partial charge in [-0.05, 0) is 17.5 Å². The van der Waals surface area contributed by atoms with E-state index in [2.05, 4.69) is 5.32 Å². The Kier molecular flexibility index (Phi) is 8.76. The highest BCUT2D eigenvalue weighted by atomic mass is 35.5. The second-order valence-electron chi connectivity index (χ2n) is 5.52. The van der Waals surface area contributed by atoms with Crippen LogP contribution in [0, 0.1) is 5.92 Å². The zero-order chi connectivity index (χ0) is 16.9. The van der Waals surface area contributed by atoms with Crippen LogP contribution in [0.2, 0.25) is 0 Å². The Hall–Kier alpha value is -1.15. The third-order valence-electron chi connectivity index (χ3n) is 3.74. The normalized spacial score (nSPS) is 14.0. The minimum Gasteiger partial charge on any atom is -0.351 e. The Balaban J connectivity index is 0.00000484. The molecule has 1 aromatic rings. The number of halogens is 1. The molecule has 1 aromatic carbocycles. The SMILES string of the molecule is CCC(C)C(N)C(=O)NCc1ccccc1S(=O)(=O)N(C)C.Cl. The van der Waals surface area contributed by atoms with Gasteiger partial charge < -0.3 is 11.1 Å². The monoisotopic (exact) mass is 363 g/mol. The summed E-state index contributed by atoms with van der Waals surface area (Å²) in [6, 6.07) is 6.02. The molecule has 0 aromatic heterocycles. The molecule has 3 N–H and O–H groups in total. The highest BCUT2D eigenvalue weighted by Gasteiger charge is 2.22. The number of hydrogen-bond acceptors (Lipinski definition) is 4. The summed E-state index contributed by atoms with van der Waals surface area (Å²) in [7, 11) is -0.594. The van der Waals surface area contributed by atoms with Crippen LogP contribution in [0.1, 0.15) is 25.8 Å². The van der Waals surface area contributed by atoms with Gasteiger partial charge in [0.1, 0.15) is 0 Å². The molecule has 0 spiro atoms. The molecule has 132 valence electrons. The van der Waals surface area contributed by atoms with Crippen molar-refractivity contribution in [1.29, 1.82) is 0 Å². The van der Waals surface area contributed by atoms with E-state index in [0.717, 1.165) is 10.7 Å². The van der Waals surface area contributed by atoms with Crippen molar-refractivity contribution < 1.29 is 13.2 Å². The number of nitrogens with two attached hydrogens (primary N) is 1. The zero-order valence-electron chi connectivity index (χ0n) is 13.9. The third-order valence-corrected chi connectivity index (χ3v) is 5.66. The highest BCUT2D eigenvalue weighted by Crippen LogP contribution is 2.18. The lowest BCUT2D eigenvalue weighted by Crippen LogP contribution is -2.44. The molecule has 0 heterocycles. The molecule has 6 nitrogen and oxygen atoms in total. The molecule has 0 fully saturated rings. The Morgan fingerprint density at radius 3 is 2.39 bits per heavy atom. The van der Waals surface area contributed by atoms with Crippen LogP contribution in [0.25, 0.3) is 0 Å². The Labute approximate surface area is 144 Å². The zero-order valence-corrected chi connectivity index (χ0v) is 15.6. The number of amides is 1. The number of benzene rings is 1. The van der Waals surface area contributed by atoms with Gasteiger partial charge in [0.05, 0.1) is 10.9 Å². The van der Waals surface area contributed by atoms with Gasteiger partial charge in [-0.1, -0.05) is 38.5 Å². The fraction of sp³-hybridized carbons (Fsp3) is 0.533. The van der Waals surface area contributed by atoms with E-state index < -0.39 is 16.1 Å². The molecule has 0 aliphatic rings. The molecule has 0 saturated heterocycles. The second kappa shape index (κ2) is 9.22. The maximum atomic E-state index is 12.3. The van der Waals surface area contributed by atoms with Gasteiger partial charge in [0.25, 0.3) is 0 Å². The second-order valence-corrected chi connectivity index (χ2v) is 7.64. The molecule has 0 radical (unpaired) electrons. The van der Waals surface area contributed by atoms with Gasteiger partial charge in [0.2, 0.25) is 15.9 Å². The Morgan fingerprint density at radius 1 is 1.30 bits per heavy atom. The number of rotatable bonds is 7. The number of sulfonamides is 1. The quantitative estimate of drug-likeness (QED) is 0.764. The van der Waals surface area contributed by atoms with Crippen LogP contribution in [-0.4, -0.2) is 38.8 Å². The van der Waals surface area contributed by atoms with E-state index in [1.807, 2.05) is 13.8 Å². The molecule has 0 saturated carbocycles. The number of nitrogens with zero attached hydrogens (tertiary/aromatic N) is 1. The maximum absolute atomic E-state index is 12.3. The van der Waals surface area contributed by atoms with Gasteiger partial charge >= 0.3 is 0 Å². The number of nitrogens with one attached hydrogen (secondary N) is 1. The fourth-order valence-electron chi connectivity index (χ4n) is 1.91. The molecular formula is C15H26ClN3O3S. The van der Waals surface area contributed by atoms with Crippen LogP contribution in [0.15, 0.2) is 29.2 Å². The standard InChI is InChI=1S/C15H25N3O3S.ClH/c1-5-11(2)14(16)15(19)17-10-12-8-6-7-9-13(12)22(20,21)18(3)4;/h6-9,11,14H,5,10,16H2,1-4H3,(H,17,19);1H. The van der Waals surface area contributed by atoms with Gasteiger partial charge in [0.15, 0.2) is 0 Å². The summed E-state index contributed by atoms with van der Waals surface area (Å²) in [6.45, 7) is 4.01. The van der Waals surface area contributed by atoms with E-state index in [1.165, 1.54) is 20.2 Å². The lowest BCUT2D eigenvalue weighted by molar-refractivity contribution is -0.123. The first-order valence-corrected chi connectivity index (χ1v) is 8.69. The van der Waals surface area contributed by atoms with Crippen molar-refractivity contribution in [3.8, 4) is 0 Å². The molecule has 1 rings (SSSR count). The van der Waals surface area contributed by atoms with Crippen molar-refractivity contribution in [3.63, 3.8) is 0 Å². The molecule has 23 heavy (non-hydrogen) atoms. The first kappa shape index (κ1) is 21.9. The molecule has 0 bridgehead atoms. The lowest BCUT2D eigenvalue weighted by atomic mass is 9.99. The fourth-order valence-corrected chi connectivity index (χ4v) is 3.03. The summed E-state index contributed by atoms with van der Waals surface area (Å²) >= 11 is 0. The van der Waals surface area contributed by atoms with Crippen LogP contribution < -0.4 is 11.1 Å². The van der Waals surface area contributed by atoms with Crippen molar-refractivity contribution in [2.45, 2.75) is 37.8 Å². The minimum atomic E-state index is -3.55. The highest BCUT2D eigenvalue weighted by molar-refractivity contribution is 7.89. The summed E-state index contributed by atoms with van der Waals surface area (Å²) in [5.74, 6) is -0.202. The lowest BCUT2D eigenvalue weighted by Gasteiger charge is -2.19. The average molecular weight is 364 g/mol. The number of hydrogen-bond donors (Lipinski definition) is 2. The molecule has 0 aliphatic carbocycles. The molecule has 1 amide bonds. The van der Waals surface area contributed by atoms with Crippen molar-refractivity contribution in [3.05, 3.63) is 29.8 Å². The summed E-state index contributed by atoms with van der Waals surface area (Å²) in [5, 5.41) is 2.72. The largest absolute Gasteiger partial charge is 0.351 e. The number of carbonyl (C=O) groups excluding carboxylic acids is 1. The van der Waals surface area contributed by atoms with Crippen LogP contribution >= 0.6 is 12.4 Å². The van der Waals surface area contributed by atoms with Gasteiger partial charge in [0, 0.05) is 20.6 Å². The molecule has 0 aliphatic heterocycles. The number of carbonyl (C=O) groups is 1. The van der Waals surface area contributed by atoms with E-state index in [1.54, 1.807) is 18.2 Å². The predicted molar refractivity (Wildman–Crippen MR) is 93.8 cm³/mol. The first-order valence-electron chi connectivity index (χ1n) is 7.25. The van der Waals surface area contributed by atoms with E-state index in [0.29, 0.717) is 5.56 Å². The van der Waals surface area contributed by atoms with Crippen molar-refractivity contribution in [2.24, 2.45) is 11.7 Å². The van der Waals surface area contributed by atoms with E-state index in [9.17, 15) is 13.2 Å². The molecule has 2 unspecified atom stereocenters. The van der Waals surface area contributed by atoms with Crippen LogP contribution in [-0.2, 0) is 21.4 Å². The van der Waals surface area contributed by atoms with Crippen LogP contribution in [0.5, 0.6) is 0 Å². The topological polar surface area (TPSA) is 92.5 Å². The van der Waals surface area contributed by atoms with Crippen molar-refractivity contribution >= 4 is 28.3 Å². The van der Waals surface area contributed by atoms with Crippen molar-refractivity contribution in [2.75, 3.05) is 14.1 Å². The minimum absolute atomic E-state index is 0. The predicted octanol–water partition coefficient (Wildman–Crippen LogP) is 1.35. The Morgan fingerprint density at radius 2 is 1.87 bits per heavy atom. The van der Waals surface area contributed by atoms with Gasteiger partial charge in [-0.3, -0.25) is 4.79 Å². The molecule has 8 heteroatoms. The van der Waals surface area contributed by atoms with E-state index in [-0.39, 0.29) is 35.7 Å². The maximum Gasteiger partial charge on any atom is 0.242 e. The third kappa shape index (κ3) is 5.46. The molecule has 2 atom stereocenters. The van der Waals surface area contributed by atoms with Crippen LogP contribution in [0.3, 0.4) is 0 Å². The molecular weight excluding hydrogens is 338 g/mol. The smallest absolute Gasteiger partial charge is 0.242 e.